The Kier molecular flexibility index (Phi) is 22.0. The lowest BCUT2D eigenvalue weighted by atomic mass is 10.1. The van der Waals surface area contributed by atoms with Gasteiger partial charge in [0.15, 0.2) is 0 Å². The van der Waals surface area contributed by atoms with E-state index in [-0.39, 0.29) is 25.6 Å². The molecule has 0 amide bonds. The Morgan fingerprint density at radius 1 is 0.930 bits per heavy atom. The Hall–Kier alpha value is -1.40. The summed E-state index contributed by atoms with van der Waals surface area (Å²) in [7, 11) is -9.62. The Bertz CT molecular complexity index is 1040. The maximum absolute atomic E-state index is 12.2. The summed E-state index contributed by atoms with van der Waals surface area (Å²) in [6, 6.07) is 1.36. The highest BCUT2D eigenvalue weighted by Crippen LogP contribution is 2.59. The van der Waals surface area contributed by atoms with Crippen LogP contribution in [0.25, 0.3) is 0 Å². The fourth-order valence-electron chi connectivity index (χ4n) is 4.14. The average molecular weight is 654 g/mol. The number of nitrogen functional groups attached to an aromatic ring is 1. The van der Waals surface area contributed by atoms with E-state index in [2.05, 4.69) is 28.4 Å². The Labute approximate surface area is 256 Å². The minimum Gasteiger partial charge on any atom is -0.394 e. The summed E-state index contributed by atoms with van der Waals surface area (Å²) < 4.78 is 45.0. The van der Waals surface area contributed by atoms with Gasteiger partial charge in [-0.25, -0.2) is 13.7 Å². The third-order valence-electron chi connectivity index (χ3n) is 6.49. The standard InChI is InChI=1S/C28H53N3O10P2/c1-2-3-4-5-6-7-8-9-10-11-12-13-14-15-16-17-20-38-21-22-40-43(36,37)41-42(34,35)25-39-26(24-32)23-31-19-18-27(29)30-28(31)33/h9-10,18-19,26,32H,2-8,11-17,20-25H2,1H3,(H,34,35)(H,36,37)(H2,29,30,33)/b10-9-/t26-/m0/s1. The number of hydrogen-bond donors (Lipinski definition) is 4. The molecule has 2 unspecified atom stereocenters. The first-order chi connectivity index (χ1) is 20.6. The van der Waals surface area contributed by atoms with E-state index in [0.29, 0.717) is 6.61 Å². The first-order valence-electron chi connectivity index (χ1n) is 15.4. The zero-order valence-corrected chi connectivity index (χ0v) is 27.4. The third-order valence-corrected chi connectivity index (χ3v) is 9.32. The van der Waals surface area contributed by atoms with E-state index in [9.17, 15) is 28.8 Å². The van der Waals surface area contributed by atoms with Gasteiger partial charge in [0.25, 0.3) is 0 Å². The van der Waals surface area contributed by atoms with E-state index in [0.717, 1.165) is 30.3 Å². The summed E-state index contributed by atoms with van der Waals surface area (Å²) in [6.45, 7) is 1.60. The van der Waals surface area contributed by atoms with Crippen LogP contribution in [0.3, 0.4) is 0 Å². The topological polar surface area (TPSA) is 193 Å². The molecule has 13 nitrogen and oxygen atoms in total. The van der Waals surface area contributed by atoms with Crippen LogP contribution in [0, 0.1) is 0 Å². The van der Waals surface area contributed by atoms with Crippen molar-refractivity contribution in [3.8, 4) is 0 Å². The summed E-state index contributed by atoms with van der Waals surface area (Å²) in [6.07, 6.45) is 20.8. The number of phosphoric ester groups is 1. The Balaban J connectivity index is 2.06. The van der Waals surface area contributed by atoms with E-state index in [1.165, 1.54) is 76.5 Å². The van der Waals surface area contributed by atoms with Gasteiger partial charge in [0, 0.05) is 12.8 Å². The number of ether oxygens (including phenoxy) is 2. The van der Waals surface area contributed by atoms with Gasteiger partial charge in [-0.2, -0.15) is 4.98 Å². The normalized spacial score (nSPS) is 15.4. The maximum Gasteiger partial charge on any atom is 0.479 e. The highest BCUT2D eigenvalue weighted by Gasteiger charge is 2.34. The molecule has 3 atom stereocenters. The van der Waals surface area contributed by atoms with Gasteiger partial charge in [-0.3, -0.25) is 13.7 Å². The molecule has 1 aromatic rings. The lowest BCUT2D eigenvalue weighted by molar-refractivity contribution is 0.0182. The van der Waals surface area contributed by atoms with Gasteiger partial charge in [0.05, 0.1) is 32.5 Å². The summed E-state index contributed by atoms with van der Waals surface area (Å²) >= 11 is 0. The fourth-order valence-corrected chi connectivity index (χ4v) is 6.51. The van der Waals surface area contributed by atoms with Crippen molar-refractivity contribution in [2.75, 3.05) is 38.5 Å². The van der Waals surface area contributed by atoms with Gasteiger partial charge in [0.2, 0.25) is 0 Å². The summed E-state index contributed by atoms with van der Waals surface area (Å²) in [5, 5.41) is 9.45. The second-order valence-corrected chi connectivity index (χ2v) is 13.8. The minimum absolute atomic E-state index is 0.0125. The molecular formula is C28H53N3O10P2. The minimum atomic E-state index is -4.88. The molecule has 0 aliphatic heterocycles. The predicted molar refractivity (Wildman–Crippen MR) is 167 cm³/mol. The van der Waals surface area contributed by atoms with Gasteiger partial charge in [0.1, 0.15) is 12.2 Å². The number of aliphatic hydroxyl groups is 1. The number of nitrogens with zero attached hydrogens (tertiary/aromatic N) is 2. The van der Waals surface area contributed by atoms with Crippen molar-refractivity contribution in [3.63, 3.8) is 0 Å². The molecule has 0 aliphatic rings. The molecule has 0 bridgehead atoms. The molecule has 0 aliphatic carbocycles. The average Bonchev–Trinajstić information content (AvgIpc) is 2.94. The Morgan fingerprint density at radius 3 is 2.14 bits per heavy atom. The molecule has 43 heavy (non-hydrogen) atoms. The SMILES string of the molecule is CCCCCCCC/C=C\CCCCCCCCOCCOP(=O)(O)OP(=O)(O)CO[C@H](CO)Cn1ccc(N)nc1=O. The van der Waals surface area contributed by atoms with Crippen LogP contribution >= 0.6 is 15.4 Å². The van der Waals surface area contributed by atoms with Gasteiger partial charge < -0.3 is 30.1 Å². The number of allylic oxidation sites excluding steroid dienone is 2. The molecule has 1 heterocycles. The molecule has 0 saturated heterocycles. The monoisotopic (exact) mass is 653 g/mol. The second kappa shape index (κ2) is 23.9. The van der Waals surface area contributed by atoms with E-state index < -0.39 is 40.2 Å². The largest absolute Gasteiger partial charge is 0.479 e. The van der Waals surface area contributed by atoms with Crippen LogP contribution in [0.2, 0.25) is 0 Å². The van der Waals surface area contributed by atoms with Crippen molar-refractivity contribution >= 4 is 21.2 Å². The lowest BCUT2D eigenvalue weighted by Gasteiger charge is -2.20. The van der Waals surface area contributed by atoms with Crippen LogP contribution < -0.4 is 11.4 Å². The molecule has 0 aromatic carbocycles. The van der Waals surface area contributed by atoms with Crippen molar-refractivity contribution < 1.29 is 42.3 Å². The molecule has 0 spiro atoms. The zero-order valence-electron chi connectivity index (χ0n) is 25.6. The first-order valence-corrected chi connectivity index (χ1v) is 18.6. The summed E-state index contributed by atoms with van der Waals surface area (Å²) in [5.41, 5.74) is 4.72. The molecule has 0 saturated carbocycles. The highest BCUT2D eigenvalue weighted by molar-refractivity contribution is 7.63. The van der Waals surface area contributed by atoms with Crippen molar-refractivity contribution in [2.45, 2.75) is 109 Å². The maximum atomic E-state index is 12.2. The van der Waals surface area contributed by atoms with Crippen LogP contribution in [0.15, 0.2) is 29.2 Å². The quantitative estimate of drug-likeness (QED) is 0.0503. The number of nitrogens with two attached hydrogens (primary N) is 1. The molecule has 0 fully saturated rings. The molecule has 1 rings (SSSR count). The number of hydrogen-bond acceptors (Lipinski definition) is 10. The predicted octanol–water partition coefficient (Wildman–Crippen LogP) is 5.53. The number of anilines is 1. The number of aliphatic hydroxyl groups excluding tert-OH is 1. The van der Waals surface area contributed by atoms with E-state index in [4.69, 9.17) is 19.7 Å². The van der Waals surface area contributed by atoms with Gasteiger partial charge in [-0.05, 0) is 38.2 Å². The highest BCUT2D eigenvalue weighted by atomic mass is 31.3. The summed E-state index contributed by atoms with van der Waals surface area (Å²) in [5.74, 6) is 0.0125. The Morgan fingerprint density at radius 2 is 1.53 bits per heavy atom. The van der Waals surface area contributed by atoms with Crippen molar-refractivity contribution in [1.82, 2.24) is 9.55 Å². The summed E-state index contributed by atoms with van der Waals surface area (Å²) in [4.78, 5) is 35.0. The molecule has 250 valence electrons. The van der Waals surface area contributed by atoms with Crippen LogP contribution in [0.4, 0.5) is 5.82 Å². The third kappa shape index (κ3) is 21.9. The number of phosphoric acid groups is 1. The van der Waals surface area contributed by atoms with Gasteiger partial charge in [-0.15, -0.1) is 0 Å². The molecule has 5 N–H and O–H groups in total. The van der Waals surface area contributed by atoms with Crippen LogP contribution in [-0.4, -0.2) is 63.3 Å². The van der Waals surface area contributed by atoms with E-state index in [1.54, 1.807) is 0 Å². The van der Waals surface area contributed by atoms with Crippen molar-refractivity contribution in [1.29, 1.82) is 0 Å². The van der Waals surface area contributed by atoms with Crippen molar-refractivity contribution in [3.05, 3.63) is 34.9 Å². The second-order valence-electron chi connectivity index (χ2n) is 10.5. The fraction of sp³-hybridized carbons (Fsp3) is 0.786. The number of rotatable bonds is 28. The van der Waals surface area contributed by atoms with Gasteiger partial charge in [-0.1, -0.05) is 76.9 Å². The van der Waals surface area contributed by atoms with E-state index >= 15 is 0 Å². The molecule has 0 radical (unpaired) electrons. The van der Waals surface area contributed by atoms with Crippen LogP contribution in [0.5, 0.6) is 0 Å². The van der Waals surface area contributed by atoms with Crippen molar-refractivity contribution in [2.24, 2.45) is 0 Å². The van der Waals surface area contributed by atoms with Crippen LogP contribution in [-0.2, 0) is 34.0 Å². The first kappa shape index (κ1) is 39.6. The zero-order chi connectivity index (χ0) is 31.8. The lowest BCUT2D eigenvalue weighted by Crippen LogP contribution is -2.32. The van der Waals surface area contributed by atoms with Crippen LogP contribution in [0.1, 0.15) is 96.8 Å². The smallest absolute Gasteiger partial charge is 0.394 e. The van der Waals surface area contributed by atoms with E-state index in [1.807, 2.05) is 0 Å². The number of aromatic nitrogens is 2. The molecule has 1 aromatic heterocycles. The number of unbranched alkanes of at least 4 members (excludes halogenated alkanes) is 12. The molecular weight excluding hydrogens is 600 g/mol. The molecule has 15 heteroatoms. The van der Waals surface area contributed by atoms with Gasteiger partial charge >= 0.3 is 21.1 Å².